The lowest BCUT2D eigenvalue weighted by atomic mass is 9.96. The van der Waals surface area contributed by atoms with Crippen LogP contribution in [-0.2, 0) is 6.42 Å². The number of fused-ring (bicyclic) bond motifs is 1. The third-order valence-corrected chi connectivity index (χ3v) is 4.06. The van der Waals surface area contributed by atoms with Crippen LogP contribution in [0.2, 0.25) is 0 Å². The molecule has 21 heavy (non-hydrogen) atoms. The van der Waals surface area contributed by atoms with E-state index in [9.17, 15) is 14.7 Å². The number of aromatic nitrogens is 1. The molecule has 7 heteroatoms. The number of carbonyl (C=O) groups excluding carboxylic acids is 1. The second-order valence-electron chi connectivity index (χ2n) is 4.63. The first-order chi connectivity index (χ1) is 10.2. The normalized spacial score (nSPS) is 13.6. The van der Waals surface area contributed by atoms with E-state index in [4.69, 9.17) is 0 Å². The Morgan fingerprint density at radius 2 is 2.24 bits per heavy atom. The van der Waals surface area contributed by atoms with Gasteiger partial charge in [0.05, 0.1) is 5.56 Å². The summed E-state index contributed by atoms with van der Waals surface area (Å²) in [6, 6.07) is 4.73. The number of carboxylic acid groups (broad SMARTS) is 1. The predicted molar refractivity (Wildman–Crippen MR) is 80.2 cm³/mol. The number of hydrogen-bond donors (Lipinski definition) is 2. The topological polar surface area (TPSA) is 82.5 Å². The molecular weight excluding hydrogens is 290 g/mol. The summed E-state index contributed by atoms with van der Waals surface area (Å²) in [6.45, 7) is 0.563. The lowest BCUT2D eigenvalue weighted by molar-refractivity contribution is 0.0695. The molecule has 0 unspecified atom stereocenters. The van der Waals surface area contributed by atoms with Gasteiger partial charge in [-0.1, -0.05) is 6.07 Å². The lowest BCUT2D eigenvalue weighted by Crippen LogP contribution is -2.39. The zero-order valence-electron chi connectivity index (χ0n) is 11.1. The molecule has 0 radical (unpaired) electrons. The summed E-state index contributed by atoms with van der Waals surface area (Å²) >= 11 is 1.34. The quantitative estimate of drug-likeness (QED) is 0.893. The molecule has 0 saturated carbocycles. The predicted octanol–water partition coefficient (Wildman–Crippen LogP) is 2.83. The maximum absolute atomic E-state index is 12.3. The minimum atomic E-state index is -0.964. The molecule has 0 bridgehead atoms. The Hall–Kier alpha value is -2.41. The fourth-order valence-electron chi connectivity index (χ4n) is 2.48. The van der Waals surface area contributed by atoms with Crippen LogP contribution in [0.1, 0.15) is 22.3 Å². The molecule has 6 nitrogen and oxygen atoms in total. The van der Waals surface area contributed by atoms with Crippen LogP contribution >= 0.6 is 11.3 Å². The molecule has 2 aromatic rings. The van der Waals surface area contributed by atoms with Crippen LogP contribution in [0.3, 0.4) is 0 Å². The highest BCUT2D eigenvalue weighted by Gasteiger charge is 2.26. The van der Waals surface area contributed by atoms with Gasteiger partial charge in [0.2, 0.25) is 0 Å². The number of aromatic carboxylic acids is 1. The van der Waals surface area contributed by atoms with E-state index in [-0.39, 0.29) is 11.6 Å². The van der Waals surface area contributed by atoms with E-state index in [1.54, 1.807) is 34.7 Å². The van der Waals surface area contributed by atoms with E-state index in [0.717, 1.165) is 6.42 Å². The largest absolute Gasteiger partial charge is 0.478 e. The molecule has 108 valence electrons. The number of hydrogen-bond acceptors (Lipinski definition) is 4. The Bertz CT molecular complexity index is 685. The zero-order valence-corrected chi connectivity index (χ0v) is 11.9. The average Bonchev–Trinajstić information content (AvgIpc) is 2.98. The highest BCUT2D eigenvalue weighted by Crippen LogP contribution is 2.30. The van der Waals surface area contributed by atoms with Crippen molar-refractivity contribution in [2.45, 2.75) is 12.8 Å². The Kier molecular flexibility index (Phi) is 3.57. The molecule has 0 fully saturated rings. The molecule has 0 saturated heterocycles. The lowest BCUT2D eigenvalue weighted by Gasteiger charge is -2.30. The van der Waals surface area contributed by atoms with Gasteiger partial charge in [-0.2, -0.15) is 0 Å². The van der Waals surface area contributed by atoms with Gasteiger partial charge in [-0.15, -0.1) is 11.3 Å². The number of amides is 2. The molecule has 0 atom stereocenters. The van der Waals surface area contributed by atoms with Crippen molar-refractivity contribution in [1.82, 2.24) is 4.98 Å². The van der Waals surface area contributed by atoms with Gasteiger partial charge in [0, 0.05) is 23.8 Å². The number of benzene rings is 1. The minimum absolute atomic E-state index is 0.263. The van der Waals surface area contributed by atoms with Crippen molar-refractivity contribution in [3.63, 3.8) is 0 Å². The van der Waals surface area contributed by atoms with Gasteiger partial charge in [-0.05, 0) is 30.5 Å². The summed E-state index contributed by atoms with van der Waals surface area (Å²) in [5, 5.41) is 14.3. The molecule has 1 aliphatic heterocycles. The van der Waals surface area contributed by atoms with Gasteiger partial charge in [-0.25, -0.2) is 14.6 Å². The Morgan fingerprint density at radius 3 is 2.95 bits per heavy atom. The van der Waals surface area contributed by atoms with Crippen molar-refractivity contribution in [2.24, 2.45) is 0 Å². The van der Waals surface area contributed by atoms with Crippen LogP contribution in [-0.4, -0.2) is 28.6 Å². The fraction of sp³-hybridized carbons (Fsp3) is 0.214. The molecule has 2 N–H and O–H groups in total. The molecule has 0 aliphatic carbocycles. The number of carbonyl (C=O) groups is 2. The number of carboxylic acids is 1. The van der Waals surface area contributed by atoms with Crippen molar-refractivity contribution in [3.8, 4) is 0 Å². The minimum Gasteiger partial charge on any atom is -0.478 e. The molecule has 3 rings (SSSR count). The maximum atomic E-state index is 12.3. The first kappa shape index (κ1) is 13.6. The molecule has 2 amide bonds. The maximum Gasteiger partial charge on any atom is 0.336 e. The van der Waals surface area contributed by atoms with Crippen LogP contribution in [0.15, 0.2) is 29.8 Å². The Balaban J connectivity index is 1.92. The molecule has 1 aliphatic rings. The van der Waals surface area contributed by atoms with Crippen LogP contribution in [0, 0.1) is 0 Å². The SMILES string of the molecule is O=C(O)c1cccc2c1CCCN2C(=O)Nc1nccs1. The molecule has 0 spiro atoms. The fourth-order valence-corrected chi connectivity index (χ4v) is 3.00. The summed E-state index contributed by atoms with van der Waals surface area (Å²) in [6.07, 6.45) is 3.02. The van der Waals surface area contributed by atoms with Crippen molar-refractivity contribution in [3.05, 3.63) is 40.9 Å². The van der Waals surface area contributed by atoms with Gasteiger partial charge in [0.25, 0.3) is 0 Å². The summed E-state index contributed by atoms with van der Waals surface area (Å²) in [7, 11) is 0. The van der Waals surface area contributed by atoms with Crippen molar-refractivity contribution >= 4 is 34.2 Å². The van der Waals surface area contributed by atoms with E-state index in [0.29, 0.717) is 29.3 Å². The van der Waals surface area contributed by atoms with E-state index in [1.807, 2.05) is 0 Å². The van der Waals surface area contributed by atoms with Crippen LogP contribution in [0.5, 0.6) is 0 Å². The molecule has 1 aromatic carbocycles. The van der Waals surface area contributed by atoms with Crippen molar-refractivity contribution < 1.29 is 14.7 Å². The molecular formula is C14H13N3O3S. The number of thiazole rings is 1. The summed E-state index contributed by atoms with van der Waals surface area (Å²) < 4.78 is 0. The second kappa shape index (κ2) is 5.53. The standard InChI is InChI=1S/C14H13N3O3S/c18-12(19)10-3-1-5-11-9(10)4-2-7-17(11)14(20)16-13-15-6-8-21-13/h1,3,5-6,8H,2,4,7H2,(H,18,19)(H,15,16,20). The molecule has 2 heterocycles. The third kappa shape index (κ3) is 2.59. The summed E-state index contributed by atoms with van der Waals surface area (Å²) in [4.78, 5) is 29.2. The Labute approximate surface area is 125 Å². The van der Waals surface area contributed by atoms with Crippen LogP contribution in [0.25, 0.3) is 0 Å². The zero-order chi connectivity index (χ0) is 14.8. The smallest absolute Gasteiger partial charge is 0.336 e. The van der Waals surface area contributed by atoms with E-state index in [2.05, 4.69) is 10.3 Å². The number of rotatable bonds is 2. The van der Waals surface area contributed by atoms with Crippen LogP contribution in [0.4, 0.5) is 15.6 Å². The first-order valence-electron chi connectivity index (χ1n) is 6.50. The number of urea groups is 1. The number of anilines is 2. The van der Waals surface area contributed by atoms with E-state index >= 15 is 0 Å². The highest BCUT2D eigenvalue weighted by molar-refractivity contribution is 7.13. The summed E-state index contributed by atoms with van der Waals surface area (Å²) in [5.41, 5.74) is 1.64. The van der Waals surface area contributed by atoms with Crippen molar-refractivity contribution in [2.75, 3.05) is 16.8 Å². The number of nitrogens with zero attached hydrogens (tertiary/aromatic N) is 2. The van der Waals surface area contributed by atoms with Crippen molar-refractivity contribution in [1.29, 1.82) is 0 Å². The van der Waals surface area contributed by atoms with Gasteiger partial charge < -0.3 is 5.11 Å². The van der Waals surface area contributed by atoms with E-state index < -0.39 is 5.97 Å². The van der Waals surface area contributed by atoms with Gasteiger partial charge >= 0.3 is 12.0 Å². The van der Waals surface area contributed by atoms with Gasteiger partial charge in [0.1, 0.15) is 0 Å². The number of nitrogens with one attached hydrogen (secondary N) is 1. The van der Waals surface area contributed by atoms with Crippen LogP contribution < -0.4 is 10.2 Å². The highest BCUT2D eigenvalue weighted by atomic mass is 32.1. The monoisotopic (exact) mass is 303 g/mol. The summed E-state index contributed by atoms with van der Waals surface area (Å²) in [5.74, 6) is -0.964. The third-order valence-electron chi connectivity index (χ3n) is 3.37. The molecule has 1 aromatic heterocycles. The van der Waals surface area contributed by atoms with Gasteiger partial charge in [-0.3, -0.25) is 10.2 Å². The Morgan fingerprint density at radius 1 is 1.38 bits per heavy atom. The average molecular weight is 303 g/mol. The second-order valence-corrected chi connectivity index (χ2v) is 5.53. The van der Waals surface area contributed by atoms with Gasteiger partial charge in [0.15, 0.2) is 5.13 Å². The van der Waals surface area contributed by atoms with E-state index in [1.165, 1.54) is 11.3 Å². The first-order valence-corrected chi connectivity index (χ1v) is 7.38.